The topological polar surface area (TPSA) is 93.4 Å². The van der Waals surface area contributed by atoms with Crippen molar-refractivity contribution in [2.24, 2.45) is 11.8 Å². The molecular weight excluding hydrogens is 234 g/mol. The van der Waals surface area contributed by atoms with Crippen LogP contribution in [0.25, 0.3) is 0 Å². The van der Waals surface area contributed by atoms with Crippen molar-refractivity contribution in [3.8, 4) is 6.07 Å². The minimum Gasteiger partial charge on any atom is -0.480 e. The van der Waals surface area contributed by atoms with Crippen molar-refractivity contribution in [3.63, 3.8) is 0 Å². The highest BCUT2D eigenvalue weighted by atomic mass is 16.4. The SMILES string of the molecule is CCN(CC(C)C#N)C(=O)NC(C(=O)O)C(C)C. The molecule has 0 aliphatic heterocycles. The zero-order chi connectivity index (χ0) is 14.3. The first-order valence-corrected chi connectivity index (χ1v) is 6.01. The maximum Gasteiger partial charge on any atom is 0.326 e. The standard InChI is InChI=1S/C12H21N3O3/c1-5-15(7-9(4)6-13)12(18)14-10(8(2)3)11(16)17/h8-10H,5,7H2,1-4H3,(H,14,18)(H,16,17). The van der Waals surface area contributed by atoms with Crippen LogP contribution in [-0.2, 0) is 4.79 Å². The van der Waals surface area contributed by atoms with Crippen LogP contribution in [0.15, 0.2) is 0 Å². The smallest absolute Gasteiger partial charge is 0.326 e. The lowest BCUT2D eigenvalue weighted by Gasteiger charge is -2.26. The molecule has 0 saturated carbocycles. The van der Waals surface area contributed by atoms with Gasteiger partial charge in [0.2, 0.25) is 0 Å². The van der Waals surface area contributed by atoms with Gasteiger partial charge in [0.1, 0.15) is 6.04 Å². The maximum atomic E-state index is 11.9. The second-order valence-electron chi connectivity index (χ2n) is 4.58. The van der Waals surface area contributed by atoms with Gasteiger partial charge in [0.05, 0.1) is 12.0 Å². The minimum absolute atomic E-state index is 0.196. The molecule has 6 nitrogen and oxygen atoms in total. The molecule has 18 heavy (non-hydrogen) atoms. The summed E-state index contributed by atoms with van der Waals surface area (Å²) < 4.78 is 0. The Morgan fingerprint density at radius 2 is 1.94 bits per heavy atom. The summed E-state index contributed by atoms with van der Waals surface area (Å²) in [6.45, 7) is 7.69. The Hall–Kier alpha value is -1.77. The van der Waals surface area contributed by atoms with Gasteiger partial charge < -0.3 is 15.3 Å². The van der Waals surface area contributed by atoms with Gasteiger partial charge in [-0.05, 0) is 19.8 Å². The Labute approximate surface area is 108 Å². The lowest BCUT2D eigenvalue weighted by molar-refractivity contribution is -0.140. The molecule has 2 unspecified atom stereocenters. The summed E-state index contributed by atoms with van der Waals surface area (Å²) in [5.74, 6) is -1.53. The summed E-state index contributed by atoms with van der Waals surface area (Å²) in [5.41, 5.74) is 0. The van der Waals surface area contributed by atoms with E-state index in [4.69, 9.17) is 10.4 Å². The molecule has 102 valence electrons. The van der Waals surface area contributed by atoms with Crippen LogP contribution in [0, 0.1) is 23.2 Å². The number of carbonyl (C=O) groups excluding carboxylic acids is 1. The van der Waals surface area contributed by atoms with Gasteiger partial charge >= 0.3 is 12.0 Å². The molecule has 0 saturated heterocycles. The van der Waals surface area contributed by atoms with E-state index >= 15 is 0 Å². The second-order valence-corrected chi connectivity index (χ2v) is 4.58. The van der Waals surface area contributed by atoms with Crippen LogP contribution in [0.4, 0.5) is 4.79 Å². The predicted octanol–water partition coefficient (Wildman–Crippen LogP) is 1.29. The van der Waals surface area contributed by atoms with Gasteiger partial charge in [-0.2, -0.15) is 5.26 Å². The van der Waals surface area contributed by atoms with Crippen LogP contribution >= 0.6 is 0 Å². The lowest BCUT2D eigenvalue weighted by Crippen LogP contribution is -2.50. The Morgan fingerprint density at radius 1 is 1.39 bits per heavy atom. The number of nitrogens with one attached hydrogen (secondary N) is 1. The molecule has 0 rings (SSSR count). The zero-order valence-corrected chi connectivity index (χ0v) is 11.3. The molecule has 0 spiro atoms. The summed E-state index contributed by atoms with van der Waals surface area (Å²) in [6, 6.07) is 0.689. The fourth-order valence-corrected chi connectivity index (χ4v) is 1.46. The number of amides is 2. The minimum atomic E-state index is -1.05. The molecule has 0 radical (unpaired) electrons. The number of rotatable bonds is 6. The third-order valence-corrected chi connectivity index (χ3v) is 2.60. The van der Waals surface area contributed by atoms with Crippen molar-refractivity contribution in [1.29, 1.82) is 5.26 Å². The molecule has 0 aromatic heterocycles. The van der Waals surface area contributed by atoms with E-state index in [0.717, 1.165) is 0 Å². The highest BCUT2D eigenvalue weighted by Crippen LogP contribution is 2.04. The van der Waals surface area contributed by atoms with E-state index in [2.05, 4.69) is 5.32 Å². The third kappa shape index (κ3) is 5.04. The van der Waals surface area contributed by atoms with Crippen molar-refractivity contribution in [2.45, 2.75) is 33.7 Å². The average molecular weight is 255 g/mol. The zero-order valence-electron chi connectivity index (χ0n) is 11.3. The Balaban J connectivity index is 4.61. The van der Waals surface area contributed by atoms with Gasteiger partial charge in [-0.3, -0.25) is 0 Å². The maximum absolute atomic E-state index is 11.9. The summed E-state index contributed by atoms with van der Waals surface area (Å²) in [4.78, 5) is 24.3. The van der Waals surface area contributed by atoms with Crippen LogP contribution in [-0.4, -0.2) is 41.1 Å². The number of carboxylic acid groups (broad SMARTS) is 1. The van der Waals surface area contributed by atoms with Gasteiger partial charge in [-0.15, -0.1) is 0 Å². The fraction of sp³-hybridized carbons (Fsp3) is 0.750. The lowest BCUT2D eigenvalue weighted by atomic mass is 10.1. The molecule has 2 amide bonds. The van der Waals surface area contributed by atoms with Gasteiger partial charge in [0.15, 0.2) is 0 Å². The highest BCUT2D eigenvalue weighted by molar-refractivity contribution is 5.82. The monoisotopic (exact) mass is 255 g/mol. The van der Waals surface area contributed by atoms with E-state index in [1.807, 2.05) is 6.07 Å². The van der Waals surface area contributed by atoms with Crippen LogP contribution in [0.1, 0.15) is 27.7 Å². The van der Waals surface area contributed by atoms with Crippen molar-refractivity contribution in [1.82, 2.24) is 10.2 Å². The molecule has 0 bridgehead atoms. The number of hydrogen-bond donors (Lipinski definition) is 2. The van der Waals surface area contributed by atoms with E-state index < -0.39 is 18.0 Å². The Kier molecular flexibility index (Phi) is 6.79. The Bertz CT molecular complexity index is 336. The summed E-state index contributed by atoms with van der Waals surface area (Å²) in [5, 5.41) is 20.2. The van der Waals surface area contributed by atoms with Gasteiger partial charge in [-0.1, -0.05) is 13.8 Å². The molecule has 0 heterocycles. The van der Waals surface area contributed by atoms with E-state index in [1.165, 1.54) is 4.90 Å². The predicted molar refractivity (Wildman–Crippen MR) is 66.8 cm³/mol. The first-order chi connectivity index (χ1) is 8.33. The van der Waals surface area contributed by atoms with Crippen LogP contribution in [0.5, 0.6) is 0 Å². The molecule has 0 aromatic carbocycles. The fourth-order valence-electron chi connectivity index (χ4n) is 1.46. The first kappa shape index (κ1) is 16.2. The summed E-state index contributed by atoms with van der Waals surface area (Å²) in [6.07, 6.45) is 0. The highest BCUT2D eigenvalue weighted by Gasteiger charge is 2.25. The molecular formula is C12H21N3O3. The molecule has 0 aromatic rings. The largest absolute Gasteiger partial charge is 0.480 e. The van der Waals surface area contributed by atoms with E-state index in [9.17, 15) is 9.59 Å². The Morgan fingerprint density at radius 3 is 2.28 bits per heavy atom. The molecule has 2 N–H and O–H groups in total. The van der Waals surface area contributed by atoms with Gasteiger partial charge in [0, 0.05) is 13.1 Å². The average Bonchev–Trinajstić information content (AvgIpc) is 2.31. The number of urea groups is 1. The van der Waals surface area contributed by atoms with Gasteiger partial charge in [-0.25, -0.2) is 9.59 Å². The van der Waals surface area contributed by atoms with Gasteiger partial charge in [0.25, 0.3) is 0 Å². The summed E-state index contributed by atoms with van der Waals surface area (Å²) in [7, 11) is 0. The van der Waals surface area contributed by atoms with Crippen molar-refractivity contribution in [3.05, 3.63) is 0 Å². The number of carbonyl (C=O) groups is 2. The van der Waals surface area contributed by atoms with Crippen LogP contribution in [0.2, 0.25) is 0 Å². The van der Waals surface area contributed by atoms with Crippen molar-refractivity contribution >= 4 is 12.0 Å². The van der Waals surface area contributed by atoms with E-state index in [-0.39, 0.29) is 11.8 Å². The van der Waals surface area contributed by atoms with Crippen LogP contribution in [0.3, 0.4) is 0 Å². The second kappa shape index (κ2) is 7.54. The molecule has 0 fully saturated rings. The first-order valence-electron chi connectivity index (χ1n) is 6.01. The number of nitrogens with zero attached hydrogens (tertiary/aromatic N) is 2. The molecule has 6 heteroatoms. The number of carboxylic acids is 1. The van der Waals surface area contributed by atoms with Crippen molar-refractivity contribution in [2.75, 3.05) is 13.1 Å². The van der Waals surface area contributed by atoms with E-state index in [1.54, 1.807) is 27.7 Å². The number of hydrogen-bond acceptors (Lipinski definition) is 3. The number of nitriles is 1. The quantitative estimate of drug-likeness (QED) is 0.747. The molecule has 0 aliphatic rings. The molecule has 0 aliphatic carbocycles. The summed E-state index contributed by atoms with van der Waals surface area (Å²) >= 11 is 0. The molecule has 2 atom stereocenters. The van der Waals surface area contributed by atoms with Crippen LogP contribution < -0.4 is 5.32 Å². The normalized spacial score (nSPS) is 13.6. The van der Waals surface area contributed by atoms with E-state index in [0.29, 0.717) is 13.1 Å². The third-order valence-electron chi connectivity index (χ3n) is 2.60. The number of aliphatic carboxylic acids is 1. The van der Waals surface area contributed by atoms with Crippen molar-refractivity contribution < 1.29 is 14.7 Å².